The lowest BCUT2D eigenvalue weighted by Crippen LogP contribution is -2.37. The molecule has 0 heterocycles. The van der Waals surface area contributed by atoms with E-state index in [4.69, 9.17) is 10.3 Å². The first-order valence-electron chi connectivity index (χ1n) is 3.32. The van der Waals surface area contributed by atoms with Crippen LogP contribution in [0.4, 0.5) is 0 Å². The van der Waals surface area contributed by atoms with Crippen LogP contribution in [0.25, 0.3) is 0 Å². The molecule has 1 atom stereocenters. The highest BCUT2D eigenvalue weighted by atomic mass is 33.1. The molecule has 0 amide bonds. The van der Waals surface area contributed by atoms with Crippen molar-refractivity contribution in [2.75, 3.05) is 0 Å². The fraction of sp³-hybridized carbons (Fsp3) is 1.00. The molecule has 80 valence electrons. The second kappa shape index (κ2) is 5.27. The molecule has 0 aliphatic rings. The van der Waals surface area contributed by atoms with Crippen molar-refractivity contribution in [3.05, 3.63) is 0 Å². The maximum Gasteiger partial charge on any atom is 0.322 e. The first kappa shape index (κ1) is 14.1. The molecule has 5 nitrogen and oxygen atoms in total. The van der Waals surface area contributed by atoms with Gasteiger partial charge in [-0.2, -0.15) is 0 Å². The molecule has 0 fully saturated rings. The minimum absolute atomic E-state index is 0.485. The SMILES string of the molecule is CC(C)(C)[S+]([O-])NP(=O)(SN)SN. The van der Waals surface area contributed by atoms with E-state index in [9.17, 15) is 9.12 Å². The van der Waals surface area contributed by atoms with Crippen molar-refractivity contribution in [2.24, 2.45) is 10.3 Å². The molecule has 0 aliphatic carbocycles. The summed E-state index contributed by atoms with van der Waals surface area (Å²) >= 11 is -0.209. The van der Waals surface area contributed by atoms with E-state index in [2.05, 4.69) is 4.49 Å². The maximum absolute atomic E-state index is 11.6. The molecule has 1 unspecified atom stereocenters. The molecule has 0 aromatic heterocycles. The second-order valence-electron chi connectivity index (χ2n) is 3.18. The maximum atomic E-state index is 11.6. The van der Waals surface area contributed by atoms with Crippen LogP contribution in [0.3, 0.4) is 0 Å². The number of hydrogen-bond donors (Lipinski definition) is 3. The molecular weight excluding hydrogens is 249 g/mol. The lowest BCUT2D eigenvalue weighted by molar-refractivity contribution is 0.552. The van der Waals surface area contributed by atoms with Gasteiger partial charge in [0, 0.05) is 23.1 Å². The van der Waals surface area contributed by atoms with Gasteiger partial charge in [-0.05, 0) is 20.8 Å². The van der Waals surface area contributed by atoms with Gasteiger partial charge < -0.3 is 4.55 Å². The highest BCUT2D eigenvalue weighted by Gasteiger charge is 2.35. The lowest BCUT2D eigenvalue weighted by Gasteiger charge is -2.25. The number of rotatable bonds is 4. The molecule has 0 spiro atoms. The minimum Gasteiger partial charge on any atom is -0.597 e. The largest absolute Gasteiger partial charge is 0.597 e. The van der Waals surface area contributed by atoms with E-state index in [0.717, 1.165) is 0 Å². The summed E-state index contributed by atoms with van der Waals surface area (Å²) < 4.78 is 25.0. The van der Waals surface area contributed by atoms with Crippen LogP contribution in [0.2, 0.25) is 0 Å². The van der Waals surface area contributed by atoms with Crippen LogP contribution in [0.15, 0.2) is 0 Å². The monoisotopic (exact) mass is 263 g/mol. The predicted molar refractivity (Wildman–Crippen MR) is 62.2 cm³/mol. The van der Waals surface area contributed by atoms with Gasteiger partial charge in [-0.1, -0.05) is 4.49 Å². The highest BCUT2D eigenvalue weighted by molar-refractivity contribution is 8.89. The molecule has 13 heavy (non-hydrogen) atoms. The van der Waals surface area contributed by atoms with Crippen LogP contribution >= 0.6 is 28.8 Å². The average Bonchev–Trinajstić information content (AvgIpc) is 2.02. The van der Waals surface area contributed by atoms with Crippen LogP contribution in [0.5, 0.6) is 0 Å². The smallest absolute Gasteiger partial charge is 0.322 e. The zero-order valence-electron chi connectivity index (χ0n) is 7.64. The third-order valence-corrected chi connectivity index (χ3v) is 8.81. The molecule has 0 aliphatic heterocycles. The van der Waals surface area contributed by atoms with Crippen molar-refractivity contribution in [1.82, 2.24) is 4.49 Å². The summed E-state index contributed by atoms with van der Waals surface area (Å²) in [5.41, 5.74) is -2.99. The Kier molecular flexibility index (Phi) is 5.73. The van der Waals surface area contributed by atoms with E-state index >= 15 is 0 Å². The van der Waals surface area contributed by atoms with Crippen LogP contribution in [-0.2, 0) is 15.9 Å². The zero-order valence-corrected chi connectivity index (χ0v) is 11.0. The minimum atomic E-state index is -2.99. The fourth-order valence-electron chi connectivity index (χ4n) is 0.306. The van der Waals surface area contributed by atoms with Gasteiger partial charge in [0.05, 0.1) is 11.4 Å². The Balaban J connectivity index is 4.35. The van der Waals surface area contributed by atoms with Gasteiger partial charge in [0.15, 0.2) is 0 Å². The van der Waals surface area contributed by atoms with E-state index in [0.29, 0.717) is 23.1 Å². The molecule has 0 rings (SSSR count). The van der Waals surface area contributed by atoms with Crippen molar-refractivity contribution in [3.8, 4) is 0 Å². The third kappa shape index (κ3) is 4.94. The topological polar surface area (TPSA) is 104 Å². The second-order valence-corrected chi connectivity index (χ2v) is 12.1. The zero-order chi connectivity index (χ0) is 10.7. The summed E-state index contributed by atoms with van der Waals surface area (Å²) in [5.74, 6) is 0. The van der Waals surface area contributed by atoms with E-state index in [1.165, 1.54) is 0 Å². The van der Waals surface area contributed by atoms with Gasteiger partial charge in [0.2, 0.25) is 0 Å². The fourth-order valence-corrected chi connectivity index (χ4v) is 5.20. The lowest BCUT2D eigenvalue weighted by atomic mass is 10.3. The summed E-state index contributed by atoms with van der Waals surface area (Å²) in [7, 11) is 0. The van der Waals surface area contributed by atoms with Crippen molar-refractivity contribution >= 4 is 40.2 Å². The van der Waals surface area contributed by atoms with Crippen LogP contribution in [0, 0.1) is 0 Å². The van der Waals surface area contributed by atoms with Gasteiger partial charge in [0.25, 0.3) is 0 Å². The van der Waals surface area contributed by atoms with Gasteiger partial charge in [-0.25, -0.2) is 0 Å². The number of nitrogens with one attached hydrogen (secondary N) is 1. The summed E-state index contributed by atoms with van der Waals surface area (Å²) in [6, 6.07) is 0. The molecule has 0 aromatic rings. The van der Waals surface area contributed by atoms with Gasteiger partial charge in [-0.3, -0.25) is 14.8 Å². The third-order valence-electron chi connectivity index (χ3n) is 1.03. The van der Waals surface area contributed by atoms with Gasteiger partial charge in [-0.15, -0.1) is 0 Å². The van der Waals surface area contributed by atoms with E-state index in [-0.39, 0.29) is 0 Å². The molecule has 0 aromatic carbocycles. The predicted octanol–water partition coefficient (Wildman–Crippen LogP) is 1.36. The highest BCUT2D eigenvalue weighted by Crippen LogP contribution is 2.61. The molecule has 5 N–H and O–H groups in total. The molecule has 9 heteroatoms. The normalized spacial score (nSPS) is 15.8. The molecule has 0 bridgehead atoms. The standard InChI is InChI=1S/C4H14N3O2PS3/c1-4(2,3)13(9)7-10(8,11-5)12-6/h5-6H2,1-3H3,(H,7,8). The number of hydrogen-bond acceptors (Lipinski definition) is 6. The van der Waals surface area contributed by atoms with Crippen molar-refractivity contribution in [2.45, 2.75) is 25.5 Å². The van der Waals surface area contributed by atoms with Crippen molar-refractivity contribution < 1.29 is 9.12 Å². The Morgan fingerprint density at radius 3 is 2.00 bits per heavy atom. The average molecular weight is 263 g/mol. The Morgan fingerprint density at radius 2 is 1.77 bits per heavy atom. The van der Waals surface area contributed by atoms with E-state index in [1.54, 1.807) is 20.8 Å². The van der Waals surface area contributed by atoms with Crippen LogP contribution in [0.1, 0.15) is 20.8 Å². The van der Waals surface area contributed by atoms with Crippen LogP contribution in [-0.4, -0.2) is 9.30 Å². The molecule has 0 radical (unpaired) electrons. The Morgan fingerprint density at radius 1 is 1.38 bits per heavy atom. The van der Waals surface area contributed by atoms with Gasteiger partial charge in [0.1, 0.15) is 4.75 Å². The van der Waals surface area contributed by atoms with Crippen LogP contribution < -0.4 is 14.8 Å². The summed E-state index contributed by atoms with van der Waals surface area (Å²) in [5, 5.41) is 10.3. The first-order chi connectivity index (χ1) is 5.75. The quantitative estimate of drug-likeness (QED) is 0.399. The molecule has 0 saturated heterocycles. The Hall–Kier alpha value is 1.12. The van der Waals surface area contributed by atoms with Crippen molar-refractivity contribution in [1.29, 1.82) is 0 Å². The number of nitrogens with two attached hydrogens (primary N) is 2. The van der Waals surface area contributed by atoms with E-state index in [1.807, 2.05) is 0 Å². The van der Waals surface area contributed by atoms with Gasteiger partial charge >= 0.3 is 5.70 Å². The van der Waals surface area contributed by atoms with E-state index < -0.39 is 21.8 Å². The first-order valence-corrected chi connectivity index (χ1v) is 9.14. The molecular formula is C4H14N3O2PS3. The van der Waals surface area contributed by atoms with Crippen molar-refractivity contribution in [3.63, 3.8) is 0 Å². The summed E-state index contributed by atoms with van der Waals surface area (Å²) in [6.45, 7) is 5.30. The molecule has 0 saturated carbocycles. The Labute approximate surface area is 89.7 Å². The Bertz CT molecular complexity index is 201. The summed E-state index contributed by atoms with van der Waals surface area (Å²) in [4.78, 5) is 0. The summed E-state index contributed by atoms with van der Waals surface area (Å²) in [6.07, 6.45) is 0.